The SMILES string of the molecule is C[C@H]1CCNC1C(=O)N1CCC[C@H]1C(=O)NCc1ccccc1. The van der Waals surface area contributed by atoms with Crippen molar-refractivity contribution in [1.29, 1.82) is 0 Å². The molecule has 5 heteroatoms. The van der Waals surface area contributed by atoms with Crippen LogP contribution in [-0.4, -0.2) is 41.9 Å². The Balaban J connectivity index is 1.59. The van der Waals surface area contributed by atoms with E-state index in [1.165, 1.54) is 0 Å². The van der Waals surface area contributed by atoms with Crippen LogP contribution in [0.3, 0.4) is 0 Å². The fourth-order valence-electron chi connectivity index (χ4n) is 3.55. The molecule has 0 saturated carbocycles. The number of nitrogens with zero attached hydrogens (tertiary/aromatic N) is 1. The van der Waals surface area contributed by atoms with Crippen molar-refractivity contribution in [2.24, 2.45) is 5.92 Å². The molecule has 2 fully saturated rings. The number of amides is 2. The van der Waals surface area contributed by atoms with Crippen LogP contribution >= 0.6 is 0 Å². The minimum absolute atomic E-state index is 0.0367. The van der Waals surface area contributed by atoms with Crippen molar-refractivity contribution >= 4 is 11.8 Å². The van der Waals surface area contributed by atoms with Gasteiger partial charge in [0.1, 0.15) is 6.04 Å². The molecule has 23 heavy (non-hydrogen) atoms. The monoisotopic (exact) mass is 315 g/mol. The summed E-state index contributed by atoms with van der Waals surface area (Å²) in [6, 6.07) is 9.40. The van der Waals surface area contributed by atoms with Gasteiger partial charge in [0.25, 0.3) is 0 Å². The second kappa shape index (κ2) is 7.13. The molecule has 0 aromatic heterocycles. The van der Waals surface area contributed by atoms with Crippen molar-refractivity contribution in [1.82, 2.24) is 15.5 Å². The Labute approximate surface area is 137 Å². The van der Waals surface area contributed by atoms with Gasteiger partial charge in [-0.2, -0.15) is 0 Å². The highest BCUT2D eigenvalue weighted by Crippen LogP contribution is 2.23. The van der Waals surface area contributed by atoms with Gasteiger partial charge in [0, 0.05) is 13.1 Å². The lowest BCUT2D eigenvalue weighted by Gasteiger charge is -2.28. The van der Waals surface area contributed by atoms with Crippen LogP contribution in [0.1, 0.15) is 31.7 Å². The van der Waals surface area contributed by atoms with Gasteiger partial charge in [0.2, 0.25) is 11.8 Å². The third kappa shape index (κ3) is 3.55. The number of nitrogens with one attached hydrogen (secondary N) is 2. The second-order valence-corrected chi connectivity index (χ2v) is 6.59. The van der Waals surface area contributed by atoms with Crippen molar-refractivity contribution < 1.29 is 9.59 Å². The van der Waals surface area contributed by atoms with Crippen LogP contribution in [-0.2, 0) is 16.1 Å². The lowest BCUT2D eigenvalue weighted by atomic mass is 10.0. The average Bonchev–Trinajstić information content (AvgIpc) is 3.22. The highest BCUT2D eigenvalue weighted by atomic mass is 16.2. The molecule has 0 radical (unpaired) electrons. The lowest BCUT2D eigenvalue weighted by Crippen LogP contribution is -2.52. The summed E-state index contributed by atoms with van der Waals surface area (Å²) >= 11 is 0. The van der Waals surface area contributed by atoms with Gasteiger partial charge in [-0.15, -0.1) is 0 Å². The first-order valence-corrected chi connectivity index (χ1v) is 8.52. The van der Waals surface area contributed by atoms with E-state index in [-0.39, 0.29) is 23.9 Å². The van der Waals surface area contributed by atoms with Crippen LogP contribution in [0.2, 0.25) is 0 Å². The predicted molar refractivity (Wildman–Crippen MR) is 88.6 cm³/mol. The summed E-state index contributed by atoms with van der Waals surface area (Å²) in [5.74, 6) is 0.397. The van der Waals surface area contributed by atoms with Gasteiger partial charge in [0.05, 0.1) is 6.04 Å². The molecule has 1 aromatic carbocycles. The molecule has 2 saturated heterocycles. The van der Waals surface area contributed by atoms with E-state index < -0.39 is 0 Å². The summed E-state index contributed by atoms with van der Waals surface area (Å²) in [5, 5.41) is 6.25. The van der Waals surface area contributed by atoms with Gasteiger partial charge in [0.15, 0.2) is 0 Å². The van der Waals surface area contributed by atoms with Crippen molar-refractivity contribution in [3.05, 3.63) is 35.9 Å². The van der Waals surface area contributed by atoms with E-state index in [9.17, 15) is 9.59 Å². The maximum absolute atomic E-state index is 12.7. The standard InChI is InChI=1S/C18H25N3O2/c1-13-9-10-19-16(13)18(23)21-11-5-8-15(21)17(22)20-12-14-6-3-2-4-7-14/h2-4,6-7,13,15-16,19H,5,8-12H2,1H3,(H,20,22)/t13-,15-,16?/m0/s1. The highest BCUT2D eigenvalue weighted by molar-refractivity contribution is 5.90. The largest absolute Gasteiger partial charge is 0.350 e. The minimum atomic E-state index is -0.319. The topological polar surface area (TPSA) is 61.4 Å². The van der Waals surface area contributed by atoms with Crippen molar-refractivity contribution in [2.45, 2.75) is 44.8 Å². The van der Waals surface area contributed by atoms with Crippen LogP contribution in [0.25, 0.3) is 0 Å². The summed E-state index contributed by atoms with van der Waals surface area (Å²) in [5.41, 5.74) is 1.07. The third-order valence-electron chi connectivity index (χ3n) is 4.95. The van der Waals surface area contributed by atoms with Gasteiger partial charge >= 0.3 is 0 Å². The molecule has 1 aromatic rings. The number of benzene rings is 1. The van der Waals surface area contributed by atoms with E-state index in [4.69, 9.17) is 0 Å². The third-order valence-corrected chi connectivity index (χ3v) is 4.95. The molecule has 2 amide bonds. The Morgan fingerprint density at radius 1 is 1.26 bits per heavy atom. The number of hydrogen-bond acceptors (Lipinski definition) is 3. The van der Waals surface area contributed by atoms with Gasteiger partial charge < -0.3 is 15.5 Å². The van der Waals surface area contributed by atoms with Crippen LogP contribution in [0, 0.1) is 5.92 Å². The van der Waals surface area contributed by atoms with E-state index >= 15 is 0 Å². The molecule has 2 aliphatic heterocycles. The van der Waals surface area contributed by atoms with Crippen molar-refractivity contribution in [3.8, 4) is 0 Å². The molecule has 3 atom stereocenters. The van der Waals surface area contributed by atoms with Crippen molar-refractivity contribution in [2.75, 3.05) is 13.1 Å². The van der Waals surface area contributed by atoms with Crippen LogP contribution in [0.5, 0.6) is 0 Å². The first-order valence-electron chi connectivity index (χ1n) is 8.52. The highest BCUT2D eigenvalue weighted by Gasteiger charge is 2.39. The van der Waals surface area contributed by atoms with Gasteiger partial charge in [-0.3, -0.25) is 9.59 Å². The Morgan fingerprint density at radius 3 is 2.74 bits per heavy atom. The number of likely N-dealkylation sites (tertiary alicyclic amines) is 1. The Kier molecular flexibility index (Phi) is 4.96. The summed E-state index contributed by atoms with van der Waals surface area (Å²) in [4.78, 5) is 27.0. The normalized spacial score (nSPS) is 27.2. The molecule has 3 rings (SSSR count). The lowest BCUT2D eigenvalue weighted by molar-refractivity contribution is -0.140. The van der Waals surface area contributed by atoms with Gasteiger partial charge in [-0.05, 0) is 37.3 Å². The number of carbonyl (C=O) groups excluding carboxylic acids is 2. The maximum atomic E-state index is 12.7. The first-order chi connectivity index (χ1) is 11.2. The first kappa shape index (κ1) is 16.0. The van der Waals surface area contributed by atoms with E-state index in [1.54, 1.807) is 4.90 Å². The molecule has 0 spiro atoms. The van der Waals surface area contributed by atoms with Gasteiger partial charge in [-0.1, -0.05) is 37.3 Å². The number of carbonyl (C=O) groups is 2. The molecule has 2 aliphatic rings. The molecule has 124 valence electrons. The molecule has 5 nitrogen and oxygen atoms in total. The molecule has 0 aliphatic carbocycles. The average molecular weight is 315 g/mol. The van der Waals surface area contributed by atoms with Crippen LogP contribution in [0.15, 0.2) is 30.3 Å². The zero-order valence-corrected chi connectivity index (χ0v) is 13.6. The summed E-state index contributed by atoms with van der Waals surface area (Å²) < 4.78 is 0. The quantitative estimate of drug-likeness (QED) is 0.880. The molecular weight excluding hydrogens is 290 g/mol. The number of rotatable bonds is 4. The molecule has 1 unspecified atom stereocenters. The zero-order chi connectivity index (χ0) is 16.2. The predicted octanol–water partition coefficient (Wildman–Crippen LogP) is 1.29. The molecule has 0 bridgehead atoms. The smallest absolute Gasteiger partial charge is 0.243 e. The Bertz CT molecular complexity index is 561. The Hall–Kier alpha value is -1.88. The molecule has 2 N–H and O–H groups in total. The molecule has 2 heterocycles. The summed E-state index contributed by atoms with van der Waals surface area (Å²) in [6.07, 6.45) is 2.68. The zero-order valence-electron chi connectivity index (χ0n) is 13.6. The molecular formula is C18H25N3O2. The van der Waals surface area contributed by atoms with E-state index in [1.807, 2.05) is 30.3 Å². The fraction of sp³-hybridized carbons (Fsp3) is 0.556. The maximum Gasteiger partial charge on any atom is 0.243 e. The summed E-state index contributed by atoms with van der Waals surface area (Å²) in [6.45, 7) is 4.18. The van der Waals surface area contributed by atoms with Crippen molar-refractivity contribution in [3.63, 3.8) is 0 Å². The van der Waals surface area contributed by atoms with E-state index in [0.717, 1.165) is 31.4 Å². The number of hydrogen-bond donors (Lipinski definition) is 2. The van der Waals surface area contributed by atoms with Crippen LogP contribution in [0.4, 0.5) is 0 Å². The van der Waals surface area contributed by atoms with Crippen LogP contribution < -0.4 is 10.6 Å². The fourth-order valence-corrected chi connectivity index (χ4v) is 3.55. The second-order valence-electron chi connectivity index (χ2n) is 6.59. The Morgan fingerprint density at radius 2 is 2.04 bits per heavy atom. The summed E-state index contributed by atoms with van der Waals surface area (Å²) in [7, 11) is 0. The van der Waals surface area contributed by atoms with E-state index in [2.05, 4.69) is 17.6 Å². The minimum Gasteiger partial charge on any atom is -0.350 e. The van der Waals surface area contributed by atoms with Gasteiger partial charge in [-0.25, -0.2) is 0 Å². The van der Waals surface area contributed by atoms with E-state index in [0.29, 0.717) is 19.0 Å².